The minimum absolute atomic E-state index is 0.143. The van der Waals surface area contributed by atoms with Gasteiger partial charge in [-0.3, -0.25) is 9.59 Å². The molecule has 2 amide bonds. The standard InChI is InChI=1S/C18H16BrClN2O3/c19-11-3-8-14(15(20)10-11)17(23)21-12-4-6-13(7-5-12)22-18(24)16-2-1-9-25-16/h3-8,10,16H,1-2,9H2,(H,21,23)(H,22,24). The maximum Gasteiger partial charge on any atom is 0.257 e. The van der Waals surface area contributed by atoms with Crippen LogP contribution in [0.4, 0.5) is 11.4 Å². The molecule has 0 spiro atoms. The lowest BCUT2D eigenvalue weighted by Crippen LogP contribution is -2.26. The van der Waals surface area contributed by atoms with E-state index in [1.54, 1.807) is 42.5 Å². The number of amides is 2. The molecular weight excluding hydrogens is 408 g/mol. The average Bonchev–Trinajstić information content (AvgIpc) is 3.11. The van der Waals surface area contributed by atoms with Crippen molar-refractivity contribution in [1.82, 2.24) is 0 Å². The van der Waals surface area contributed by atoms with Crippen LogP contribution in [0.3, 0.4) is 0 Å². The van der Waals surface area contributed by atoms with Gasteiger partial charge in [0.15, 0.2) is 0 Å². The van der Waals surface area contributed by atoms with E-state index in [0.717, 1.165) is 17.3 Å². The SMILES string of the molecule is O=C(Nc1ccc(NC(=O)C2CCCO2)cc1)c1ccc(Br)cc1Cl. The molecule has 1 fully saturated rings. The highest BCUT2D eigenvalue weighted by molar-refractivity contribution is 9.10. The largest absolute Gasteiger partial charge is 0.368 e. The van der Waals surface area contributed by atoms with E-state index in [0.29, 0.717) is 28.6 Å². The zero-order valence-electron chi connectivity index (χ0n) is 13.2. The average molecular weight is 424 g/mol. The van der Waals surface area contributed by atoms with Crippen LogP contribution in [-0.2, 0) is 9.53 Å². The van der Waals surface area contributed by atoms with Crippen molar-refractivity contribution >= 4 is 50.7 Å². The lowest BCUT2D eigenvalue weighted by molar-refractivity contribution is -0.124. The zero-order chi connectivity index (χ0) is 17.8. The molecule has 7 heteroatoms. The number of halogens is 2. The van der Waals surface area contributed by atoms with Crippen LogP contribution in [0, 0.1) is 0 Å². The van der Waals surface area contributed by atoms with Crippen molar-refractivity contribution in [1.29, 1.82) is 0 Å². The summed E-state index contributed by atoms with van der Waals surface area (Å²) in [4.78, 5) is 24.3. The van der Waals surface area contributed by atoms with Crippen molar-refractivity contribution < 1.29 is 14.3 Å². The van der Waals surface area contributed by atoms with Crippen LogP contribution in [-0.4, -0.2) is 24.5 Å². The number of ether oxygens (including phenoxy) is 1. The topological polar surface area (TPSA) is 67.4 Å². The summed E-state index contributed by atoms with van der Waals surface area (Å²) in [5.74, 6) is -0.440. The number of benzene rings is 2. The van der Waals surface area contributed by atoms with Gasteiger partial charge in [0, 0.05) is 22.5 Å². The Morgan fingerprint density at radius 3 is 2.36 bits per heavy atom. The monoisotopic (exact) mass is 422 g/mol. The number of carbonyl (C=O) groups is 2. The van der Waals surface area contributed by atoms with E-state index < -0.39 is 0 Å². The highest BCUT2D eigenvalue weighted by atomic mass is 79.9. The molecule has 1 aliphatic rings. The first-order valence-electron chi connectivity index (χ1n) is 7.82. The molecule has 1 saturated heterocycles. The van der Waals surface area contributed by atoms with E-state index in [4.69, 9.17) is 16.3 Å². The predicted molar refractivity (Wildman–Crippen MR) is 101 cm³/mol. The van der Waals surface area contributed by atoms with Gasteiger partial charge in [0.1, 0.15) is 6.10 Å². The van der Waals surface area contributed by atoms with Crippen LogP contribution in [0.5, 0.6) is 0 Å². The summed E-state index contributed by atoms with van der Waals surface area (Å²) < 4.78 is 6.15. The fourth-order valence-corrected chi connectivity index (χ4v) is 3.28. The molecule has 0 saturated carbocycles. The van der Waals surface area contributed by atoms with Crippen molar-refractivity contribution in [3.8, 4) is 0 Å². The molecule has 0 radical (unpaired) electrons. The number of hydrogen-bond donors (Lipinski definition) is 2. The summed E-state index contributed by atoms with van der Waals surface area (Å²) >= 11 is 9.39. The Balaban J connectivity index is 1.62. The zero-order valence-corrected chi connectivity index (χ0v) is 15.6. The van der Waals surface area contributed by atoms with E-state index in [-0.39, 0.29) is 17.9 Å². The number of hydrogen-bond acceptors (Lipinski definition) is 3. The molecule has 0 bridgehead atoms. The van der Waals surface area contributed by atoms with Crippen molar-refractivity contribution in [3.63, 3.8) is 0 Å². The van der Waals surface area contributed by atoms with Crippen LogP contribution >= 0.6 is 27.5 Å². The Morgan fingerprint density at radius 1 is 1.08 bits per heavy atom. The Kier molecular flexibility index (Phi) is 5.73. The van der Waals surface area contributed by atoms with Gasteiger partial charge in [-0.1, -0.05) is 27.5 Å². The van der Waals surface area contributed by atoms with Crippen molar-refractivity contribution in [2.24, 2.45) is 0 Å². The van der Waals surface area contributed by atoms with Crippen LogP contribution in [0.1, 0.15) is 23.2 Å². The molecule has 25 heavy (non-hydrogen) atoms. The second-order valence-electron chi connectivity index (χ2n) is 5.65. The molecule has 3 rings (SSSR count). The highest BCUT2D eigenvalue weighted by Crippen LogP contribution is 2.23. The smallest absolute Gasteiger partial charge is 0.257 e. The molecule has 1 unspecified atom stereocenters. The Bertz CT molecular complexity index is 789. The number of rotatable bonds is 4. The summed E-state index contributed by atoms with van der Waals surface area (Å²) in [5.41, 5.74) is 1.65. The molecule has 5 nitrogen and oxygen atoms in total. The van der Waals surface area contributed by atoms with E-state index in [9.17, 15) is 9.59 Å². The number of nitrogens with one attached hydrogen (secondary N) is 2. The van der Waals surface area contributed by atoms with Crippen LogP contribution in [0.2, 0.25) is 5.02 Å². The minimum Gasteiger partial charge on any atom is -0.368 e. The van der Waals surface area contributed by atoms with Gasteiger partial charge in [-0.25, -0.2) is 0 Å². The fourth-order valence-electron chi connectivity index (χ4n) is 2.52. The molecule has 1 heterocycles. The maximum absolute atomic E-state index is 12.3. The number of anilines is 2. The molecule has 2 aromatic rings. The predicted octanol–water partition coefficient (Wildman–Crippen LogP) is 4.47. The third-order valence-corrected chi connectivity index (χ3v) is 4.61. The highest BCUT2D eigenvalue weighted by Gasteiger charge is 2.23. The minimum atomic E-state index is -0.376. The van der Waals surface area contributed by atoms with Gasteiger partial charge >= 0.3 is 0 Å². The summed E-state index contributed by atoms with van der Waals surface area (Å²) in [7, 11) is 0. The third kappa shape index (κ3) is 4.60. The van der Waals surface area contributed by atoms with E-state index in [1.807, 2.05) is 0 Å². The third-order valence-electron chi connectivity index (χ3n) is 3.81. The van der Waals surface area contributed by atoms with Crippen molar-refractivity contribution in [3.05, 3.63) is 57.5 Å². The van der Waals surface area contributed by atoms with Gasteiger partial charge in [-0.05, 0) is 55.3 Å². The van der Waals surface area contributed by atoms with Gasteiger partial charge in [-0.2, -0.15) is 0 Å². The first kappa shape index (κ1) is 17.9. The van der Waals surface area contributed by atoms with Gasteiger partial charge in [0.2, 0.25) is 0 Å². The summed E-state index contributed by atoms with van der Waals surface area (Å²) in [5, 5.41) is 5.95. The van der Waals surface area contributed by atoms with Gasteiger partial charge in [0.25, 0.3) is 11.8 Å². The molecule has 1 atom stereocenters. The van der Waals surface area contributed by atoms with Gasteiger partial charge in [0.05, 0.1) is 10.6 Å². The first-order chi connectivity index (χ1) is 12.0. The van der Waals surface area contributed by atoms with Crippen LogP contribution in [0.15, 0.2) is 46.9 Å². The lowest BCUT2D eigenvalue weighted by Gasteiger charge is -2.11. The molecule has 2 aromatic carbocycles. The quantitative estimate of drug-likeness (QED) is 0.762. The van der Waals surface area contributed by atoms with Crippen molar-refractivity contribution in [2.75, 3.05) is 17.2 Å². The van der Waals surface area contributed by atoms with Gasteiger partial charge in [-0.15, -0.1) is 0 Å². The van der Waals surface area contributed by atoms with E-state index in [2.05, 4.69) is 26.6 Å². The first-order valence-corrected chi connectivity index (χ1v) is 8.99. The molecule has 0 aromatic heterocycles. The Morgan fingerprint density at radius 2 is 1.76 bits per heavy atom. The number of carbonyl (C=O) groups excluding carboxylic acids is 2. The Labute approximate surface area is 158 Å². The van der Waals surface area contributed by atoms with Crippen LogP contribution < -0.4 is 10.6 Å². The second kappa shape index (κ2) is 7.99. The Hall–Kier alpha value is -1.89. The lowest BCUT2D eigenvalue weighted by atomic mass is 10.2. The van der Waals surface area contributed by atoms with E-state index >= 15 is 0 Å². The van der Waals surface area contributed by atoms with Crippen molar-refractivity contribution in [2.45, 2.75) is 18.9 Å². The summed E-state index contributed by atoms with van der Waals surface area (Å²) in [6.07, 6.45) is 1.27. The van der Waals surface area contributed by atoms with Crippen LogP contribution in [0.25, 0.3) is 0 Å². The molecule has 1 aliphatic heterocycles. The van der Waals surface area contributed by atoms with Gasteiger partial charge < -0.3 is 15.4 Å². The fraction of sp³-hybridized carbons (Fsp3) is 0.222. The maximum atomic E-state index is 12.3. The normalized spacial score (nSPS) is 16.5. The molecular formula is C18H16BrClN2O3. The summed E-state index contributed by atoms with van der Waals surface area (Å²) in [6.45, 7) is 0.627. The second-order valence-corrected chi connectivity index (χ2v) is 6.97. The molecule has 2 N–H and O–H groups in total. The molecule has 0 aliphatic carbocycles. The van der Waals surface area contributed by atoms with E-state index in [1.165, 1.54) is 0 Å². The molecule has 130 valence electrons. The summed E-state index contributed by atoms with van der Waals surface area (Å²) in [6, 6.07) is 12.0.